The summed E-state index contributed by atoms with van der Waals surface area (Å²) in [6.07, 6.45) is 10.8. The van der Waals surface area contributed by atoms with E-state index in [9.17, 15) is 0 Å². The van der Waals surface area contributed by atoms with Crippen LogP contribution < -0.4 is 19.7 Å². The fraction of sp³-hybridized carbons (Fsp3) is 0.478. The molecule has 2 aromatic heterocycles. The highest BCUT2D eigenvalue weighted by Crippen LogP contribution is 2.33. The van der Waals surface area contributed by atoms with Gasteiger partial charge in [-0.3, -0.25) is 4.98 Å². The molecule has 1 aromatic carbocycles. The van der Waals surface area contributed by atoms with Gasteiger partial charge in [-0.15, -0.1) is 0 Å². The Bertz CT molecular complexity index is 1050. The molecule has 1 aliphatic heterocycles. The van der Waals surface area contributed by atoms with Gasteiger partial charge in [0.25, 0.3) is 5.88 Å². The number of methoxy groups -OCH3 is 1. The second-order valence-corrected chi connectivity index (χ2v) is 8.12. The van der Waals surface area contributed by atoms with Crippen LogP contribution in [0, 0.1) is 0 Å². The summed E-state index contributed by atoms with van der Waals surface area (Å²) >= 11 is 0. The van der Waals surface area contributed by atoms with E-state index in [4.69, 9.17) is 14.2 Å². The van der Waals surface area contributed by atoms with Crippen molar-refractivity contribution >= 4 is 22.5 Å². The molecule has 0 unspecified atom stereocenters. The first kappa shape index (κ1) is 20.7. The van der Waals surface area contributed by atoms with Crippen molar-refractivity contribution in [3.05, 3.63) is 36.9 Å². The Morgan fingerprint density at radius 2 is 1.69 bits per heavy atom. The Morgan fingerprint density at radius 1 is 0.938 bits per heavy atom. The molecule has 0 bridgehead atoms. The van der Waals surface area contributed by atoms with Crippen LogP contribution in [-0.4, -0.2) is 65.5 Å². The maximum atomic E-state index is 6.50. The molecule has 3 aromatic rings. The molecule has 9 heteroatoms. The largest absolute Gasteiger partial charge is 0.488 e. The molecule has 1 N–H and O–H groups in total. The van der Waals surface area contributed by atoms with Gasteiger partial charge in [-0.1, -0.05) is 0 Å². The summed E-state index contributed by atoms with van der Waals surface area (Å²) in [5, 5.41) is 3.47. The van der Waals surface area contributed by atoms with Gasteiger partial charge in [0, 0.05) is 55.7 Å². The Hall–Kier alpha value is -3.20. The summed E-state index contributed by atoms with van der Waals surface area (Å²) in [6, 6.07) is 4.52. The second kappa shape index (κ2) is 9.52. The van der Waals surface area contributed by atoms with Crippen molar-refractivity contribution in [3.63, 3.8) is 0 Å². The molecule has 0 spiro atoms. The minimum absolute atomic E-state index is 0.141. The smallest absolute Gasteiger partial charge is 0.257 e. The van der Waals surface area contributed by atoms with E-state index < -0.39 is 0 Å². The molecule has 32 heavy (non-hydrogen) atoms. The molecule has 2 aliphatic rings. The average Bonchev–Trinajstić information content (AvgIpc) is 2.86. The van der Waals surface area contributed by atoms with Gasteiger partial charge in [-0.05, 0) is 31.7 Å². The van der Waals surface area contributed by atoms with E-state index in [0.29, 0.717) is 17.7 Å². The zero-order chi connectivity index (χ0) is 21.8. The van der Waals surface area contributed by atoms with Gasteiger partial charge < -0.3 is 24.4 Å². The number of hydrogen-bond donors (Lipinski definition) is 1. The van der Waals surface area contributed by atoms with Crippen LogP contribution in [0.3, 0.4) is 0 Å². The first-order chi connectivity index (χ1) is 15.8. The Balaban J connectivity index is 1.28. The molecular weight excluding hydrogens is 408 g/mol. The molecule has 5 rings (SSSR count). The second-order valence-electron chi connectivity index (χ2n) is 8.12. The SMILES string of the molecule is COc1nccnc1NC1CCC(Oc2cc(N3CCOCC3)cc3nccnc23)CC1. The summed E-state index contributed by atoms with van der Waals surface area (Å²) in [5.41, 5.74) is 2.78. The van der Waals surface area contributed by atoms with Gasteiger partial charge in [0.15, 0.2) is 5.82 Å². The van der Waals surface area contributed by atoms with E-state index in [-0.39, 0.29) is 6.10 Å². The third-order valence-electron chi connectivity index (χ3n) is 6.07. The zero-order valence-electron chi connectivity index (χ0n) is 18.2. The monoisotopic (exact) mass is 436 g/mol. The number of aromatic nitrogens is 4. The van der Waals surface area contributed by atoms with Gasteiger partial charge in [-0.25, -0.2) is 15.0 Å². The molecule has 9 nitrogen and oxygen atoms in total. The number of fused-ring (bicyclic) bond motifs is 1. The van der Waals surface area contributed by atoms with Crippen LogP contribution >= 0.6 is 0 Å². The predicted octanol–water partition coefficient (Wildman–Crippen LogP) is 3.07. The van der Waals surface area contributed by atoms with Crippen molar-refractivity contribution in [2.24, 2.45) is 0 Å². The number of hydrogen-bond acceptors (Lipinski definition) is 9. The lowest BCUT2D eigenvalue weighted by molar-refractivity contribution is 0.122. The molecule has 2 fully saturated rings. The highest BCUT2D eigenvalue weighted by molar-refractivity contribution is 5.85. The predicted molar refractivity (Wildman–Crippen MR) is 121 cm³/mol. The van der Waals surface area contributed by atoms with Crippen LogP contribution in [0.5, 0.6) is 11.6 Å². The lowest BCUT2D eigenvalue weighted by atomic mass is 9.93. The number of rotatable bonds is 6. The quantitative estimate of drug-likeness (QED) is 0.625. The van der Waals surface area contributed by atoms with E-state index >= 15 is 0 Å². The summed E-state index contributed by atoms with van der Waals surface area (Å²) in [6.45, 7) is 3.21. The van der Waals surface area contributed by atoms with Crippen molar-refractivity contribution in [1.29, 1.82) is 0 Å². The summed E-state index contributed by atoms with van der Waals surface area (Å²) in [4.78, 5) is 20.0. The van der Waals surface area contributed by atoms with Gasteiger partial charge in [-0.2, -0.15) is 0 Å². The lowest BCUT2D eigenvalue weighted by Crippen LogP contribution is -2.36. The molecule has 168 valence electrons. The Labute approximate surface area is 187 Å². The zero-order valence-corrected chi connectivity index (χ0v) is 18.2. The van der Waals surface area contributed by atoms with Crippen molar-refractivity contribution < 1.29 is 14.2 Å². The third-order valence-corrected chi connectivity index (χ3v) is 6.07. The maximum Gasteiger partial charge on any atom is 0.257 e. The fourth-order valence-corrected chi connectivity index (χ4v) is 4.39. The van der Waals surface area contributed by atoms with Crippen LogP contribution in [0.4, 0.5) is 11.5 Å². The van der Waals surface area contributed by atoms with Gasteiger partial charge in [0.05, 0.1) is 31.9 Å². The molecule has 0 radical (unpaired) electrons. The standard InChI is InChI=1S/C23H28N6O3/c1-30-23-22(26-8-9-27-23)28-16-2-4-18(5-3-16)32-20-15-17(29-10-12-31-13-11-29)14-19-21(20)25-7-6-24-19/h6-9,14-16,18H,2-5,10-13H2,1H3,(H,26,28). The van der Waals surface area contributed by atoms with Crippen LogP contribution in [0.1, 0.15) is 25.7 Å². The van der Waals surface area contributed by atoms with Crippen molar-refractivity contribution in [2.45, 2.75) is 37.8 Å². The van der Waals surface area contributed by atoms with Crippen LogP contribution in [0.2, 0.25) is 0 Å². The van der Waals surface area contributed by atoms with E-state index in [1.807, 2.05) is 0 Å². The molecule has 1 saturated carbocycles. The van der Waals surface area contributed by atoms with Crippen LogP contribution in [0.15, 0.2) is 36.9 Å². The van der Waals surface area contributed by atoms with Crippen LogP contribution in [-0.2, 0) is 4.74 Å². The molecule has 3 heterocycles. The lowest BCUT2D eigenvalue weighted by Gasteiger charge is -2.31. The number of ether oxygens (including phenoxy) is 3. The number of morpholine rings is 1. The maximum absolute atomic E-state index is 6.50. The number of benzene rings is 1. The third kappa shape index (κ3) is 4.52. The summed E-state index contributed by atoms with van der Waals surface area (Å²) < 4.78 is 17.3. The topological polar surface area (TPSA) is 94.5 Å². The molecule has 0 atom stereocenters. The Morgan fingerprint density at radius 3 is 2.50 bits per heavy atom. The van der Waals surface area contributed by atoms with Gasteiger partial charge in [0.2, 0.25) is 0 Å². The minimum atomic E-state index is 0.141. The fourth-order valence-electron chi connectivity index (χ4n) is 4.39. The number of anilines is 2. The van der Waals surface area contributed by atoms with Crippen molar-refractivity contribution in [1.82, 2.24) is 19.9 Å². The van der Waals surface area contributed by atoms with E-state index in [1.165, 1.54) is 0 Å². The van der Waals surface area contributed by atoms with Gasteiger partial charge >= 0.3 is 0 Å². The average molecular weight is 437 g/mol. The Kier molecular flexibility index (Phi) is 6.15. The van der Waals surface area contributed by atoms with Gasteiger partial charge in [0.1, 0.15) is 11.3 Å². The molecule has 1 saturated heterocycles. The molecule has 0 amide bonds. The van der Waals surface area contributed by atoms with E-state index in [2.05, 4.69) is 42.3 Å². The number of nitrogens with one attached hydrogen (secondary N) is 1. The molecule has 1 aliphatic carbocycles. The van der Waals surface area contributed by atoms with Crippen molar-refractivity contribution in [3.8, 4) is 11.6 Å². The van der Waals surface area contributed by atoms with E-state index in [0.717, 1.165) is 74.5 Å². The van der Waals surface area contributed by atoms with Crippen LogP contribution in [0.25, 0.3) is 11.0 Å². The summed E-state index contributed by atoms with van der Waals surface area (Å²) in [7, 11) is 1.61. The summed E-state index contributed by atoms with van der Waals surface area (Å²) in [5.74, 6) is 2.03. The normalized spacial score (nSPS) is 21.3. The minimum Gasteiger partial charge on any atom is -0.488 e. The highest BCUT2D eigenvalue weighted by atomic mass is 16.5. The molecular formula is C23H28N6O3. The van der Waals surface area contributed by atoms with Crippen molar-refractivity contribution in [2.75, 3.05) is 43.6 Å². The first-order valence-corrected chi connectivity index (χ1v) is 11.2. The number of nitrogens with zero attached hydrogens (tertiary/aromatic N) is 5. The first-order valence-electron chi connectivity index (χ1n) is 11.2. The van der Waals surface area contributed by atoms with E-state index in [1.54, 1.807) is 31.9 Å². The highest BCUT2D eigenvalue weighted by Gasteiger charge is 2.25.